The Kier molecular flexibility index (Phi) is 6.26. The minimum absolute atomic E-state index is 0.00545. The van der Waals surface area contributed by atoms with E-state index in [0.717, 1.165) is 17.3 Å². The zero-order chi connectivity index (χ0) is 12.7. The molecule has 0 aliphatic heterocycles. The maximum Gasteiger partial charge on any atom is 0.237 e. The van der Waals surface area contributed by atoms with Crippen molar-refractivity contribution in [1.82, 2.24) is 10.6 Å². The molecule has 1 rings (SSSR count). The van der Waals surface area contributed by atoms with Crippen LogP contribution in [0.5, 0.6) is 0 Å². The van der Waals surface area contributed by atoms with Crippen LogP contribution in [0, 0.1) is 0 Å². The van der Waals surface area contributed by atoms with Gasteiger partial charge in [0.2, 0.25) is 5.91 Å². The summed E-state index contributed by atoms with van der Waals surface area (Å²) >= 11 is 7.41. The van der Waals surface area contributed by atoms with Crippen LogP contribution in [0.25, 0.3) is 0 Å². The number of rotatable bonds is 7. The Morgan fingerprint density at radius 2 is 2.41 bits per heavy atom. The first-order valence-electron chi connectivity index (χ1n) is 5.49. The van der Waals surface area contributed by atoms with E-state index in [1.807, 2.05) is 19.1 Å². The number of amides is 1. The van der Waals surface area contributed by atoms with Crippen LogP contribution in [0.3, 0.4) is 0 Å². The first kappa shape index (κ1) is 14.2. The quantitative estimate of drug-likeness (QED) is 0.748. The molecular formula is C12H17ClN2OS. The lowest BCUT2D eigenvalue weighted by atomic mass is 10.3. The largest absolute Gasteiger partial charge is 0.351 e. The number of carbonyl (C=O) groups excluding carboxylic acids is 1. The zero-order valence-electron chi connectivity index (χ0n) is 9.83. The molecule has 5 heteroatoms. The van der Waals surface area contributed by atoms with Gasteiger partial charge in [-0.25, -0.2) is 0 Å². The van der Waals surface area contributed by atoms with Crippen LogP contribution in [-0.2, 0) is 11.2 Å². The van der Waals surface area contributed by atoms with Gasteiger partial charge in [-0.2, -0.15) is 0 Å². The molecule has 17 heavy (non-hydrogen) atoms. The first-order chi connectivity index (χ1) is 8.13. The van der Waals surface area contributed by atoms with Gasteiger partial charge in [0, 0.05) is 18.0 Å². The Bertz CT molecular complexity index is 378. The molecular weight excluding hydrogens is 256 g/mol. The van der Waals surface area contributed by atoms with Crippen molar-refractivity contribution in [3.05, 3.63) is 34.0 Å². The summed E-state index contributed by atoms with van der Waals surface area (Å²) in [5.41, 5.74) is 0. The molecule has 1 aromatic heterocycles. The summed E-state index contributed by atoms with van der Waals surface area (Å²) in [6.07, 6.45) is 2.55. The van der Waals surface area contributed by atoms with Crippen LogP contribution in [-0.4, -0.2) is 25.0 Å². The van der Waals surface area contributed by atoms with Gasteiger partial charge < -0.3 is 10.6 Å². The van der Waals surface area contributed by atoms with Crippen LogP contribution in [0.4, 0.5) is 0 Å². The third-order valence-corrected chi connectivity index (χ3v) is 3.56. The second-order valence-corrected chi connectivity index (χ2v) is 5.47. The predicted octanol–water partition coefficient (Wildman–Crippen LogP) is 2.22. The van der Waals surface area contributed by atoms with Crippen molar-refractivity contribution >= 4 is 28.8 Å². The Morgan fingerprint density at radius 1 is 1.65 bits per heavy atom. The predicted molar refractivity (Wildman–Crippen MR) is 73.7 cm³/mol. The van der Waals surface area contributed by atoms with Crippen molar-refractivity contribution in [1.29, 1.82) is 0 Å². The Balaban J connectivity index is 2.21. The number of carbonyl (C=O) groups is 1. The van der Waals surface area contributed by atoms with Gasteiger partial charge in [-0.3, -0.25) is 4.79 Å². The average Bonchev–Trinajstić information content (AvgIpc) is 2.71. The van der Waals surface area contributed by atoms with Gasteiger partial charge >= 0.3 is 0 Å². The van der Waals surface area contributed by atoms with E-state index >= 15 is 0 Å². The highest BCUT2D eigenvalue weighted by atomic mass is 35.5. The van der Waals surface area contributed by atoms with E-state index in [1.54, 1.807) is 17.4 Å². The van der Waals surface area contributed by atoms with E-state index in [0.29, 0.717) is 6.54 Å². The monoisotopic (exact) mass is 272 g/mol. The van der Waals surface area contributed by atoms with Crippen molar-refractivity contribution < 1.29 is 4.79 Å². The highest BCUT2D eigenvalue weighted by Crippen LogP contribution is 2.21. The molecule has 1 aromatic rings. The van der Waals surface area contributed by atoms with Gasteiger partial charge in [0.15, 0.2) is 0 Å². The van der Waals surface area contributed by atoms with Crippen LogP contribution >= 0.6 is 22.9 Å². The number of halogens is 1. The van der Waals surface area contributed by atoms with Crippen LogP contribution in [0.1, 0.15) is 11.8 Å². The van der Waals surface area contributed by atoms with Gasteiger partial charge in [0.25, 0.3) is 0 Å². The van der Waals surface area contributed by atoms with Crippen molar-refractivity contribution in [2.24, 2.45) is 0 Å². The molecule has 0 radical (unpaired) electrons. The first-order valence-corrected chi connectivity index (χ1v) is 6.69. The lowest BCUT2D eigenvalue weighted by Gasteiger charge is -2.12. The highest BCUT2D eigenvalue weighted by molar-refractivity contribution is 7.16. The number of nitrogens with one attached hydrogen (secondary N) is 2. The van der Waals surface area contributed by atoms with Gasteiger partial charge in [-0.15, -0.1) is 17.9 Å². The summed E-state index contributed by atoms with van der Waals surface area (Å²) in [5, 5.41) is 5.91. The van der Waals surface area contributed by atoms with E-state index in [4.69, 9.17) is 11.6 Å². The fraction of sp³-hybridized carbons (Fsp3) is 0.417. The van der Waals surface area contributed by atoms with Crippen molar-refractivity contribution in [3.8, 4) is 0 Å². The molecule has 3 nitrogen and oxygen atoms in total. The number of hydrogen-bond acceptors (Lipinski definition) is 3. The fourth-order valence-corrected chi connectivity index (χ4v) is 2.40. The maximum atomic E-state index is 11.5. The summed E-state index contributed by atoms with van der Waals surface area (Å²) in [6, 6.07) is 3.71. The second-order valence-electron chi connectivity index (χ2n) is 3.67. The summed E-state index contributed by atoms with van der Waals surface area (Å²) in [6.45, 7) is 6.67. The standard InChI is InChI=1S/C12H17ClN2OS/c1-3-7-15-12(16)9(2)14-8-6-10-4-5-11(13)17-10/h3-5,9,14H,1,6-8H2,2H3,(H,15,16). The summed E-state index contributed by atoms with van der Waals surface area (Å²) < 4.78 is 0.803. The molecule has 0 bridgehead atoms. The Labute approximate surface area is 111 Å². The van der Waals surface area contributed by atoms with E-state index in [-0.39, 0.29) is 11.9 Å². The van der Waals surface area contributed by atoms with Crippen molar-refractivity contribution in [3.63, 3.8) is 0 Å². The third-order valence-electron chi connectivity index (χ3n) is 2.26. The molecule has 0 aliphatic carbocycles. The van der Waals surface area contributed by atoms with Gasteiger partial charge in [0.05, 0.1) is 10.4 Å². The van der Waals surface area contributed by atoms with Crippen LogP contribution in [0.15, 0.2) is 24.8 Å². The Morgan fingerprint density at radius 3 is 3.00 bits per heavy atom. The third kappa shape index (κ3) is 5.35. The molecule has 0 saturated heterocycles. The normalized spacial score (nSPS) is 12.1. The summed E-state index contributed by atoms with van der Waals surface area (Å²) in [7, 11) is 0. The molecule has 0 aromatic carbocycles. The van der Waals surface area contributed by atoms with Crippen molar-refractivity contribution in [2.75, 3.05) is 13.1 Å². The van der Waals surface area contributed by atoms with Gasteiger partial charge in [0.1, 0.15) is 0 Å². The summed E-state index contributed by atoms with van der Waals surface area (Å²) in [4.78, 5) is 12.7. The van der Waals surface area contributed by atoms with E-state index in [9.17, 15) is 4.79 Å². The molecule has 1 amide bonds. The highest BCUT2D eigenvalue weighted by Gasteiger charge is 2.10. The molecule has 0 spiro atoms. The lowest BCUT2D eigenvalue weighted by molar-refractivity contribution is -0.122. The minimum atomic E-state index is -0.189. The minimum Gasteiger partial charge on any atom is -0.351 e. The molecule has 1 unspecified atom stereocenters. The SMILES string of the molecule is C=CCNC(=O)C(C)NCCc1ccc(Cl)s1. The molecule has 0 aliphatic rings. The molecule has 1 heterocycles. The second kappa shape index (κ2) is 7.48. The fourth-order valence-electron chi connectivity index (χ4n) is 1.32. The molecule has 94 valence electrons. The summed E-state index contributed by atoms with van der Waals surface area (Å²) in [5.74, 6) is -0.00545. The number of thiophene rings is 1. The lowest BCUT2D eigenvalue weighted by Crippen LogP contribution is -2.42. The molecule has 2 N–H and O–H groups in total. The molecule has 0 fully saturated rings. The smallest absolute Gasteiger partial charge is 0.237 e. The van der Waals surface area contributed by atoms with Gasteiger partial charge in [-0.05, 0) is 25.5 Å². The average molecular weight is 273 g/mol. The van der Waals surface area contributed by atoms with E-state index < -0.39 is 0 Å². The van der Waals surface area contributed by atoms with Gasteiger partial charge in [-0.1, -0.05) is 17.7 Å². The van der Waals surface area contributed by atoms with Crippen LogP contribution in [0.2, 0.25) is 4.34 Å². The van der Waals surface area contributed by atoms with Crippen LogP contribution < -0.4 is 10.6 Å². The van der Waals surface area contributed by atoms with Crippen molar-refractivity contribution in [2.45, 2.75) is 19.4 Å². The maximum absolute atomic E-state index is 11.5. The van der Waals surface area contributed by atoms with E-state index in [2.05, 4.69) is 17.2 Å². The Hall–Kier alpha value is -0.840. The topological polar surface area (TPSA) is 41.1 Å². The van der Waals surface area contributed by atoms with E-state index in [1.165, 1.54) is 4.88 Å². The molecule has 1 atom stereocenters. The zero-order valence-corrected chi connectivity index (χ0v) is 11.4. The number of hydrogen-bond donors (Lipinski definition) is 2. The molecule has 0 saturated carbocycles.